The first-order chi connectivity index (χ1) is 14.9. The number of urea groups is 1. The van der Waals surface area contributed by atoms with Crippen molar-refractivity contribution in [2.45, 2.75) is 69.9 Å². The van der Waals surface area contributed by atoms with Gasteiger partial charge in [0.2, 0.25) is 5.91 Å². The topological polar surface area (TPSA) is 78.5 Å². The molecule has 1 heterocycles. The van der Waals surface area contributed by atoms with E-state index in [-0.39, 0.29) is 29.8 Å². The summed E-state index contributed by atoms with van der Waals surface area (Å²) >= 11 is 0. The van der Waals surface area contributed by atoms with Gasteiger partial charge in [0.1, 0.15) is 12.1 Å². The van der Waals surface area contributed by atoms with Gasteiger partial charge in [-0.1, -0.05) is 24.3 Å². The lowest BCUT2D eigenvalue weighted by atomic mass is 9.48. The molecule has 5 fully saturated rings. The van der Waals surface area contributed by atoms with Crippen LogP contribution in [0.2, 0.25) is 0 Å². The Morgan fingerprint density at radius 2 is 1.77 bits per heavy atom. The van der Waals surface area contributed by atoms with Crippen LogP contribution in [0, 0.1) is 23.2 Å². The van der Waals surface area contributed by atoms with E-state index in [0.29, 0.717) is 6.42 Å². The normalized spacial score (nSPS) is 38.5. The van der Waals surface area contributed by atoms with Gasteiger partial charge < -0.3 is 10.6 Å². The number of fused-ring (bicyclic) bond motifs is 2. The summed E-state index contributed by atoms with van der Waals surface area (Å²) in [4.78, 5) is 40.1. The second-order valence-corrected chi connectivity index (χ2v) is 11.0. The molecule has 6 heteroatoms. The van der Waals surface area contributed by atoms with Gasteiger partial charge >= 0.3 is 6.03 Å². The molecule has 2 unspecified atom stereocenters. The number of hydrogen-bond acceptors (Lipinski definition) is 3. The van der Waals surface area contributed by atoms with Gasteiger partial charge in [-0.3, -0.25) is 14.5 Å². The average molecular weight is 422 g/mol. The first-order valence-electron chi connectivity index (χ1n) is 11.9. The summed E-state index contributed by atoms with van der Waals surface area (Å²) in [7, 11) is 0. The van der Waals surface area contributed by atoms with Crippen molar-refractivity contribution in [1.82, 2.24) is 15.5 Å². The summed E-state index contributed by atoms with van der Waals surface area (Å²) in [6.07, 6.45) is 9.05. The van der Waals surface area contributed by atoms with Crippen molar-refractivity contribution in [2.24, 2.45) is 23.2 Å². The Labute approximate surface area is 183 Å². The van der Waals surface area contributed by atoms with Crippen LogP contribution in [-0.4, -0.2) is 35.3 Å². The highest BCUT2D eigenvalue weighted by Gasteiger charge is 2.56. The molecule has 0 aromatic heterocycles. The maximum atomic E-state index is 13.3. The van der Waals surface area contributed by atoms with Crippen molar-refractivity contribution in [3.05, 3.63) is 35.4 Å². The number of nitrogens with zero attached hydrogens (tertiary/aromatic N) is 1. The van der Waals surface area contributed by atoms with Crippen LogP contribution in [0.15, 0.2) is 24.3 Å². The standard InChI is InChI=1S/C25H31N3O3/c1-15(24-11-16-8-17(12-24)10-18(9-16)13-24)26-21(29)14-28-22(30)25(27-23(28)31)7-6-19-4-2-3-5-20(19)25/h2-5,15-18H,6-14H2,1H3,(H,26,29)(H,27,31). The van der Waals surface area contributed by atoms with E-state index in [1.807, 2.05) is 24.3 Å². The van der Waals surface area contributed by atoms with E-state index in [0.717, 1.165) is 40.2 Å². The van der Waals surface area contributed by atoms with E-state index in [4.69, 9.17) is 0 Å². The molecule has 4 bridgehead atoms. The maximum absolute atomic E-state index is 13.3. The minimum atomic E-state index is -1.00. The number of nitrogens with one attached hydrogen (secondary N) is 2. The van der Waals surface area contributed by atoms with E-state index in [9.17, 15) is 14.4 Å². The molecule has 1 spiro atoms. The Hall–Kier alpha value is -2.37. The molecular formula is C25H31N3O3. The van der Waals surface area contributed by atoms with Gasteiger partial charge in [0.25, 0.3) is 5.91 Å². The van der Waals surface area contributed by atoms with Crippen LogP contribution in [0.25, 0.3) is 0 Å². The minimum Gasteiger partial charge on any atom is -0.352 e. The van der Waals surface area contributed by atoms with Crippen LogP contribution in [0.5, 0.6) is 0 Å². The molecular weight excluding hydrogens is 390 g/mol. The lowest BCUT2D eigenvalue weighted by Gasteiger charge is -2.59. The van der Waals surface area contributed by atoms with Gasteiger partial charge in [0.05, 0.1) is 0 Å². The smallest absolute Gasteiger partial charge is 0.325 e. The summed E-state index contributed by atoms with van der Waals surface area (Å²) in [5.41, 5.74) is 1.17. The second kappa shape index (κ2) is 6.57. The van der Waals surface area contributed by atoms with E-state index < -0.39 is 11.6 Å². The van der Waals surface area contributed by atoms with Crippen LogP contribution in [0.1, 0.15) is 63.0 Å². The van der Waals surface area contributed by atoms with Crippen LogP contribution in [-0.2, 0) is 21.5 Å². The zero-order chi connectivity index (χ0) is 21.4. The van der Waals surface area contributed by atoms with E-state index in [1.54, 1.807) is 0 Å². The number of aryl methyl sites for hydroxylation is 1. The Bertz CT molecular complexity index is 937. The molecule has 2 N–H and O–H groups in total. The van der Waals surface area contributed by atoms with Gasteiger partial charge in [-0.2, -0.15) is 0 Å². The fourth-order valence-electron chi connectivity index (χ4n) is 8.02. The van der Waals surface area contributed by atoms with Crippen molar-refractivity contribution in [3.8, 4) is 0 Å². The number of imide groups is 1. The van der Waals surface area contributed by atoms with Gasteiger partial charge in [0, 0.05) is 6.04 Å². The third-order valence-corrected chi connectivity index (χ3v) is 9.11. The Morgan fingerprint density at radius 3 is 2.45 bits per heavy atom. The first kappa shape index (κ1) is 19.3. The Balaban J connectivity index is 1.16. The molecule has 6 nitrogen and oxygen atoms in total. The summed E-state index contributed by atoms with van der Waals surface area (Å²) < 4.78 is 0. The molecule has 1 saturated heterocycles. The summed E-state index contributed by atoms with van der Waals surface area (Å²) in [5, 5.41) is 6.10. The van der Waals surface area contributed by atoms with Gasteiger partial charge in [-0.15, -0.1) is 0 Å². The first-order valence-corrected chi connectivity index (χ1v) is 11.9. The highest BCUT2D eigenvalue weighted by molar-refractivity contribution is 6.09. The van der Waals surface area contributed by atoms with E-state index in [2.05, 4.69) is 17.6 Å². The molecule has 6 aliphatic rings. The minimum absolute atomic E-state index is 0.0790. The summed E-state index contributed by atoms with van der Waals surface area (Å²) in [6, 6.07) is 7.39. The van der Waals surface area contributed by atoms with Crippen molar-refractivity contribution in [3.63, 3.8) is 0 Å². The van der Waals surface area contributed by atoms with Crippen molar-refractivity contribution in [1.29, 1.82) is 0 Å². The Morgan fingerprint density at radius 1 is 1.13 bits per heavy atom. The van der Waals surface area contributed by atoms with Gasteiger partial charge in [-0.25, -0.2) is 4.79 Å². The SMILES string of the molecule is CC(NC(=O)CN1C(=O)NC2(CCc3ccccc32)C1=O)C12CC3CC(CC(C3)C1)C2. The summed E-state index contributed by atoms with van der Waals surface area (Å²) in [6.45, 7) is 1.93. The predicted molar refractivity (Wildman–Crippen MR) is 115 cm³/mol. The quantitative estimate of drug-likeness (QED) is 0.734. The molecule has 164 valence electrons. The number of hydrogen-bond donors (Lipinski definition) is 2. The highest BCUT2D eigenvalue weighted by Crippen LogP contribution is 2.61. The number of rotatable bonds is 4. The highest BCUT2D eigenvalue weighted by atomic mass is 16.2. The molecule has 4 amide bonds. The third-order valence-electron chi connectivity index (χ3n) is 9.11. The second-order valence-electron chi connectivity index (χ2n) is 11.0. The zero-order valence-corrected chi connectivity index (χ0v) is 18.2. The fourth-order valence-corrected chi connectivity index (χ4v) is 8.02. The van der Waals surface area contributed by atoms with Crippen molar-refractivity contribution >= 4 is 17.8 Å². The van der Waals surface area contributed by atoms with Gasteiger partial charge in [0.15, 0.2) is 0 Å². The molecule has 7 rings (SSSR count). The van der Waals surface area contributed by atoms with E-state index in [1.165, 1.54) is 38.5 Å². The van der Waals surface area contributed by atoms with Crippen LogP contribution >= 0.6 is 0 Å². The van der Waals surface area contributed by atoms with Crippen molar-refractivity contribution < 1.29 is 14.4 Å². The third kappa shape index (κ3) is 2.79. The monoisotopic (exact) mass is 421 g/mol. The zero-order valence-electron chi connectivity index (χ0n) is 18.2. The molecule has 5 aliphatic carbocycles. The fraction of sp³-hybridized carbons (Fsp3) is 0.640. The molecule has 31 heavy (non-hydrogen) atoms. The number of amides is 4. The number of carbonyl (C=O) groups is 3. The Kier molecular flexibility index (Phi) is 4.09. The largest absolute Gasteiger partial charge is 0.352 e. The van der Waals surface area contributed by atoms with Gasteiger partial charge in [-0.05, 0) is 92.6 Å². The predicted octanol–water partition coefficient (Wildman–Crippen LogP) is 3.10. The lowest BCUT2D eigenvalue weighted by molar-refractivity contribution is -0.136. The number of carbonyl (C=O) groups excluding carboxylic acids is 3. The van der Waals surface area contributed by atoms with Crippen molar-refractivity contribution in [2.75, 3.05) is 6.54 Å². The molecule has 4 saturated carbocycles. The van der Waals surface area contributed by atoms with E-state index >= 15 is 0 Å². The summed E-state index contributed by atoms with van der Waals surface area (Å²) in [5.74, 6) is 1.94. The maximum Gasteiger partial charge on any atom is 0.325 e. The average Bonchev–Trinajstić information content (AvgIpc) is 3.20. The molecule has 2 atom stereocenters. The molecule has 1 aromatic carbocycles. The van der Waals surface area contributed by atoms with Crippen LogP contribution in [0.3, 0.4) is 0 Å². The molecule has 1 aliphatic heterocycles. The number of benzene rings is 1. The van der Waals surface area contributed by atoms with Crippen LogP contribution in [0.4, 0.5) is 4.79 Å². The molecule has 0 radical (unpaired) electrons. The lowest BCUT2D eigenvalue weighted by Crippen LogP contribution is -2.57. The molecule has 1 aromatic rings. The van der Waals surface area contributed by atoms with Crippen LogP contribution < -0.4 is 10.6 Å².